The molecule has 0 heterocycles. The zero-order chi connectivity index (χ0) is 16.8. The van der Waals surface area contributed by atoms with Gasteiger partial charge in [-0.3, -0.25) is 20.4 Å². The summed E-state index contributed by atoms with van der Waals surface area (Å²) in [5.41, 5.74) is 4.89. The molecule has 0 aromatic heterocycles. The highest BCUT2D eigenvalue weighted by atomic mass is 79.9. The fraction of sp³-hybridized carbons (Fsp3) is 0.125. The Morgan fingerprint density at radius 2 is 1.74 bits per heavy atom. The molecule has 1 atom stereocenters. The van der Waals surface area contributed by atoms with E-state index in [4.69, 9.17) is 4.74 Å². The van der Waals surface area contributed by atoms with Gasteiger partial charge < -0.3 is 4.74 Å². The molecular weight excluding hydrogens is 367 g/mol. The second-order valence-electron chi connectivity index (χ2n) is 4.61. The predicted octanol–water partition coefficient (Wildman–Crippen LogP) is 2.82. The number of carbonyl (C=O) groups is 2. The van der Waals surface area contributed by atoms with Crippen molar-refractivity contribution in [3.63, 3.8) is 0 Å². The van der Waals surface area contributed by atoms with Gasteiger partial charge in [0.1, 0.15) is 0 Å². The molecule has 2 rings (SSSR count). The molecule has 0 saturated heterocycles. The van der Waals surface area contributed by atoms with Crippen molar-refractivity contribution in [1.82, 2.24) is 10.9 Å². The number of para-hydroxylation sites is 1. The van der Waals surface area contributed by atoms with Crippen molar-refractivity contribution in [3.8, 4) is 5.75 Å². The van der Waals surface area contributed by atoms with Crippen LogP contribution in [-0.2, 0) is 4.79 Å². The van der Waals surface area contributed by atoms with Crippen LogP contribution in [0.4, 0.5) is 4.39 Å². The maximum absolute atomic E-state index is 13.5. The fourth-order valence-corrected chi connectivity index (χ4v) is 2.18. The van der Waals surface area contributed by atoms with Gasteiger partial charge in [0, 0.05) is 4.47 Å². The van der Waals surface area contributed by atoms with Crippen LogP contribution in [0.1, 0.15) is 17.3 Å². The molecule has 0 aliphatic carbocycles. The monoisotopic (exact) mass is 380 g/mol. The molecule has 1 unspecified atom stereocenters. The Balaban J connectivity index is 1.91. The van der Waals surface area contributed by atoms with Gasteiger partial charge in [0.05, 0.1) is 5.56 Å². The normalized spacial score (nSPS) is 11.4. The average molecular weight is 381 g/mol. The van der Waals surface area contributed by atoms with Crippen molar-refractivity contribution < 1.29 is 18.7 Å². The molecule has 0 bridgehead atoms. The molecule has 7 heteroatoms. The van der Waals surface area contributed by atoms with E-state index in [0.29, 0.717) is 10.0 Å². The molecule has 2 aromatic rings. The van der Waals surface area contributed by atoms with Gasteiger partial charge >= 0.3 is 0 Å². The first-order valence-electron chi connectivity index (χ1n) is 6.75. The molecule has 5 nitrogen and oxygen atoms in total. The first-order chi connectivity index (χ1) is 11.0. The van der Waals surface area contributed by atoms with Crippen molar-refractivity contribution in [2.24, 2.45) is 0 Å². The van der Waals surface area contributed by atoms with E-state index in [0.717, 1.165) is 0 Å². The van der Waals surface area contributed by atoms with Gasteiger partial charge in [-0.1, -0.05) is 24.3 Å². The standard InChI is InChI=1S/C16H14BrFN2O3/c1-10(23-14-9-5-4-8-13(14)18)15(21)19-20-16(22)11-6-2-3-7-12(11)17/h2-10H,1H3,(H,19,21)(H,20,22). The average Bonchev–Trinajstić information content (AvgIpc) is 2.54. The van der Waals surface area contributed by atoms with E-state index in [1.807, 2.05) is 0 Å². The highest BCUT2D eigenvalue weighted by Crippen LogP contribution is 2.17. The SMILES string of the molecule is CC(Oc1ccccc1F)C(=O)NNC(=O)c1ccccc1Br. The highest BCUT2D eigenvalue weighted by molar-refractivity contribution is 9.10. The van der Waals surface area contributed by atoms with Crippen molar-refractivity contribution in [3.05, 3.63) is 64.4 Å². The number of hydrogen-bond acceptors (Lipinski definition) is 3. The summed E-state index contributed by atoms with van der Waals surface area (Å²) < 4.78 is 19.3. The van der Waals surface area contributed by atoms with Crippen LogP contribution in [-0.4, -0.2) is 17.9 Å². The van der Waals surface area contributed by atoms with Gasteiger partial charge in [-0.25, -0.2) is 4.39 Å². The van der Waals surface area contributed by atoms with Gasteiger partial charge in [0.15, 0.2) is 17.7 Å². The Hall–Kier alpha value is -2.41. The van der Waals surface area contributed by atoms with Gasteiger partial charge in [0.25, 0.3) is 11.8 Å². The summed E-state index contributed by atoms with van der Waals surface area (Å²) in [5.74, 6) is -1.69. The van der Waals surface area contributed by atoms with Crippen LogP contribution in [0.5, 0.6) is 5.75 Å². The summed E-state index contributed by atoms with van der Waals surface area (Å²) >= 11 is 3.25. The molecule has 0 radical (unpaired) electrons. The molecule has 0 saturated carbocycles. The van der Waals surface area contributed by atoms with E-state index in [-0.39, 0.29) is 5.75 Å². The lowest BCUT2D eigenvalue weighted by molar-refractivity contribution is -0.128. The Bertz CT molecular complexity index is 724. The number of nitrogens with one attached hydrogen (secondary N) is 2. The van der Waals surface area contributed by atoms with E-state index in [1.165, 1.54) is 25.1 Å². The number of hydrogen-bond donors (Lipinski definition) is 2. The third-order valence-electron chi connectivity index (χ3n) is 2.93. The summed E-state index contributed by atoms with van der Waals surface area (Å²) in [6, 6.07) is 12.5. The number of halogens is 2. The van der Waals surface area contributed by atoms with Crippen molar-refractivity contribution in [2.75, 3.05) is 0 Å². The zero-order valence-corrected chi connectivity index (χ0v) is 13.8. The lowest BCUT2D eigenvalue weighted by Gasteiger charge is -2.15. The molecule has 2 amide bonds. The van der Waals surface area contributed by atoms with Gasteiger partial charge in [0.2, 0.25) is 0 Å². The third kappa shape index (κ3) is 4.53. The first kappa shape index (κ1) is 17.0. The van der Waals surface area contributed by atoms with Crippen LogP contribution < -0.4 is 15.6 Å². The predicted molar refractivity (Wildman–Crippen MR) is 86.2 cm³/mol. The second kappa shape index (κ2) is 7.73. The van der Waals surface area contributed by atoms with E-state index < -0.39 is 23.7 Å². The Kier molecular flexibility index (Phi) is 5.70. The number of amides is 2. The summed E-state index contributed by atoms with van der Waals surface area (Å²) in [6.07, 6.45) is -0.980. The quantitative estimate of drug-likeness (QED) is 0.801. The molecule has 0 fully saturated rings. The maximum Gasteiger partial charge on any atom is 0.279 e. The number of benzene rings is 2. The van der Waals surface area contributed by atoms with Crippen LogP contribution in [0.2, 0.25) is 0 Å². The summed E-state index contributed by atoms with van der Waals surface area (Å²) in [6.45, 7) is 1.45. The van der Waals surface area contributed by atoms with Gasteiger partial charge in [-0.05, 0) is 47.1 Å². The Morgan fingerprint density at radius 3 is 2.43 bits per heavy atom. The lowest BCUT2D eigenvalue weighted by Crippen LogP contribution is -2.47. The molecule has 2 aromatic carbocycles. The topological polar surface area (TPSA) is 67.4 Å². The third-order valence-corrected chi connectivity index (χ3v) is 3.62. The molecule has 0 spiro atoms. The van der Waals surface area contributed by atoms with Crippen LogP contribution >= 0.6 is 15.9 Å². The lowest BCUT2D eigenvalue weighted by atomic mass is 10.2. The largest absolute Gasteiger partial charge is 0.478 e. The minimum absolute atomic E-state index is 0.0349. The van der Waals surface area contributed by atoms with E-state index in [2.05, 4.69) is 26.8 Å². The van der Waals surface area contributed by atoms with Gasteiger partial charge in [-0.2, -0.15) is 0 Å². The molecule has 0 aliphatic rings. The number of rotatable bonds is 4. The van der Waals surface area contributed by atoms with Crippen LogP contribution in [0.15, 0.2) is 53.0 Å². The van der Waals surface area contributed by atoms with Crippen molar-refractivity contribution >= 4 is 27.7 Å². The summed E-state index contributed by atoms with van der Waals surface area (Å²) in [4.78, 5) is 23.8. The highest BCUT2D eigenvalue weighted by Gasteiger charge is 2.17. The van der Waals surface area contributed by atoms with Crippen LogP contribution in [0, 0.1) is 5.82 Å². The molecule has 0 aliphatic heterocycles. The minimum atomic E-state index is -0.980. The smallest absolute Gasteiger partial charge is 0.279 e. The number of ether oxygens (including phenoxy) is 1. The molecule has 2 N–H and O–H groups in total. The summed E-state index contributed by atoms with van der Waals surface area (Å²) in [7, 11) is 0. The number of hydrazine groups is 1. The van der Waals surface area contributed by atoms with E-state index >= 15 is 0 Å². The van der Waals surface area contributed by atoms with Crippen LogP contribution in [0.25, 0.3) is 0 Å². The van der Waals surface area contributed by atoms with Crippen molar-refractivity contribution in [1.29, 1.82) is 0 Å². The number of carbonyl (C=O) groups excluding carboxylic acids is 2. The molecule has 120 valence electrons. The first-order valence-corrected chi connectivity index (χ1v) is 7.54. The Morgan fingerprint density at radius 1 is 1.09 bits per heavy atom. The van der Waals surface area contributed by atoms with E-state index in [9.17, 15) is 14.0 Å². The van der Waals surface area contributed by atoms with E-state index in [1.54, 1.807) is 30.3 Å². The zero-order valence-electron chi connectivity index (χ0n) is 12.2. The molecular formula is C16H14BrFN2O3. The van der Waals surface area contributed by atoms with Crippen molar-refractivity contribution in [2.45, 2.75) is 13.0 Å². The summed E-state index contributed by atoms with van der Waals surface area (Å²) in [5, 5.41) is 0. The van der Waals surface area contributed by atoms with Gasteiger partial charge in [-0.15, -0.1) is 0 Å². The Labute approximate surface area is 140 Å². The maximum atomic E-state index is 13.5. The fourth-order valence-electron chi connectivity index (χ4n) is 1.72. The second-order valence-corrected chi connectivity index (χ2v) is 5.47. The minimum Gasteiger partial charge on any atom is -0.478 e. The molecule has 23 heavy (non-hydrogen) atoms. The van der Waals surface area contributed by atoms with Crippen LogP contribution in [0.3, 0.4) is 0 Å².